The predicted octanol–water partition coefficient (Wildman–Crippen LogP) is 19.5. The van der Waals surface area contributed by atoms with Crippen LogP contribution in [-0.2, 0) is 0 Å². The molecule has 0 atom stereocenters. The molecule has 14 aromatic rings. The Balaban J connectivity index is 0.964. The highest BCUT2D eigenvalue weighted by Crippen LogP contribution is 2.52. The first kappa shape index (κ1) is 39.5. The van der Waals surface area contributed by atoms with Crippen molar-refractivity contribution in [3.05, 3.63) is 254 Å². The van der Waals surface area contributed by atoms with E-state index in [0.717, 1.165) is 67.2 Å². The van der Waals surface area contributed by atoms with Crippen molar-refractivity contribution in [1.82, 2.24) is 0 Å². The van der Waals surface area contributed by atoms with Crippen molar-refractivity contribution >= 4 is 122 Å². The van der Waals surface area contributed by atoms with Gasteiger partial charge in [0, 0.05) is 43.9 Å². The Kier molecular flexibility index (Phi) is 8.66. The van der Waals surface area contributed by atoms with Crippen molar-refractivity contribution < 1.29 is 4.42 Å². The van der Waals surface area contributed by atoms with Crippen molar-refractivity contribution in [1.29, 1.82) is 0 Å². The standard InChI is InChI=1S/C68H42N2O/c1-5-17-43(18-6-1)49-25-13-27-51-52-28-15-31-61(66(52)54-40-39-53(54)65(49)51)69(47-21-9-3-10-22-47)59-41-35-45-34-38-58-60(42-36-46-33-37-57(59)63(45)64(46)58)70(48-23-11-4-12-24-48)62-32-16-30-56-55-29-14-26-50(67(55)71-68(56)62)44-19-7-2-8-20-44/h1-42H. The van der Waals surface area contributed by atoms with E-state index in [-0.39, 0.29) is 0 Å². The van der Waals surface area contributed by atoms with E-state index in [1.807, 2.05) is 0 Å². The van der Waals surface area contributed by atoms with E-state index in [1.54, 1.807) is 0 Å². The van der Waals surface area contributed by atoms with Crippen LogP contribution in [0.4, 0.5) is 34.1 Å². The van der Waals surface area contributed by atoms with E-state index in [0.29, 0.717) is 0 Å². The van der Waals surface area contributed by atoms with Gasteiger partial charge in [0.2, 0.25) is 0 Å². The molecule has 0 N–H and O–H groups in total. The molecule has 15 rings (SSSR count). The number of rotatable bonds is 8. The number of para-hydroxylation sites is 4. The van der Waals surface area contributed by atoms with Crippen LogP contribution in [-0.4, -0.2) is 0 Å². The second-order valence-corrected chi connectivity index (χ2v) is 18.7. The van der Waals surface area contributed by atoms with Gasteiger partial charge in [-0.15, -0.1) is 0 Å². The van der Waals surface area contributed by atoms with Gasteiger partial charge in [0.1, 0.15) is 5.58 Å². The van der Waals surface area contributed by atoms with Gasteiger partial charge in [-0.1, -0.05) is 206 Å². The van der Waals surface area contributed by atoms with E-state index in [2.05, 4.69) is 265 Å². The van der Waals surface area contributed by atoms with Gasteiger partial charge in [0.25, 0.3) is 0 Å². The molecule has 13 aromatic carbocycles. The van der Waals surface area contributed by atoms with Crippen molar-refractivity contribution in [2.45, 2.75) is 0 Å². The molecule has 3 heteroatoms. The molecule has 0 aliphatic heterocycles. The fourth-order valence-corrected chi connectivity index (χ4v) is 11.8. The van der Waals surface area contributed by atoms with E-state index < -0.39 is 0 Å². The first-order valence-corrected chi connectivity index (χ1v) is 24.4. The summed E-state index contributed by atoms with van der Waals surface area (Å²) in [5.41, 5.74) is 15.6. The van der Waals surface area contributed by atoms with Gasteiger partial charge in [0.15, 0.2) is 5.58 Å². The Morgan fingerprint density at radius 3 is 1.27 bits per heavy atom. The number of hydrogen-bond donors (Lipinski definition) is 0. The molecule has 0 saturated heterocycles. The first-order chi connectivity index (χ1) is 35.3. The van der Waals surface area contributed by atoms with Crippen molar-refractivity contribution in [3.63, 3.8) is 0 Å². The van der Waals surface area contributed by atoms with Crippen LogP contribution >= 0.6 is 0 Å². The normalized spacial score (nSPS) is 12.2. The maximum atomic E-state index is 7.09. The van der Waals surface area contributed by atoms with Crippen LogP contribution in [0.2, 0.25) is 0 Å². The molecule has 71 heavy (non-hydrogen) atoms. The Bertz CT molecular complexity index is 4440. The summed E-state index contributed by atoms with van der Waals surface area (Å²) in [7, 11) is 0. The summed E-state index contributed by atoms with van der Waals surface area (Å²) in [4.78, 5) is 4.89. The van der Waals surface area contributed by atoms with E-state index in [4.69, 9.17) is 4.42 Å². The number of anilines is 6. The van der Waals surface area contributed by atoms with Crippen LogP contribution in [0.1, 0.15) is 11.1 Å². The Hall–Kier alpha value is -9.44. The average Bonchev–Trinajstić information content (AvgIpc) is 3.82. The van der Waals surface area contributed by atoms with Crippen molar-refractivity contribution in [2.75, 3.05) is 9.80 Å². The molecule has 1 aromatic heterocycles. The second kappa shape index (κ2) is 15.5. The third-order valence-corrected chi connectivity index (χ3v) is 14.9. The molecule has 1 aliphatic carbocycles. The number of nitrogens with zero attached hydrogens (tertiary/aromatic N) is 2. The molecule has 0 fully saturated rings. The average molecular weight is 903 g/mol. The minimum absolute atomic E-state index is 0.853. The van der Waals surface area contributed by atoms with Gasteiger partial charge in [0.05, 0.1) is 22.7 Å². The zero-order valence-electron chi connectivity index (χ0n) is 38.6. The zero-order valence-corrected chi connectivity index (χ0v) is 38.6. The van der Waals surface area contributed by atoms with Crippen LogP contribution in [0.15, 0.2) is 247 Å². The number of fused-ring (bicyclic) bond motifs is 9. The molecule has 1 aliphatic rings. The summed E-state index contributed by atoms with van der Waals surface area (Å²) >= 11 is 0. The molecule has 0 spiro atoms. The van der Waals surface area contributed by atoms with Crippen LogP contribution in [0.5, 0.6) is 0 Å². The van der Waals surface area contributed by atoms with Gasteiger partial charge >= 0.3 is 0 Å². The molecule has 1 heterocycles. The number of benzene rings is 13. The largest absolute Gasteiger partial charge is 0.453 e. The van der Waals surface area contributed by atoms with Crippen LogP contribution < -0.4 is 9.80 Å². The summed E-state index contributed by atoms with van der Waals surface area (Å²) in [5.74, 6) is 0. The van der Waals surface area contributed by atoms with Crippen molar-refractivity contribution in [3.8, 4) is 22.3 Å². The second-order valence-electron chi connectivity index (χ2n) is 18.7. The lowest BCUT2D eigenvalue weighted by Gasteiger charge is -2.31. The van der Waals surface area contributed by atoms with E-state index >= 15 is 0 Å². The molecule has 0 radical (unpaired) electrons. The lowest BCUT2D eigenvalue weighted by atomic mass is 9.82. The fourth-order valence-electron chi connectivity index (χ4n) is 11.8. The molecule has 0 unspecified atom stereocenters. The Morgan fingerprint density at radius 1 is 0.254 bits per heavy atom. The summed E-state index contributed by atoms with van der Waals surface area (Å²) < 4.78 is 7.09. The van der Waals surface area contributed by atoms with Gasteiger partial charge in [-0.25, -0.2) is 0 Å². The van der Waals surface area contributed by atoms with Gasteiger partial charge in [-0.05, 0) is 114 Å². The summed E-state index contributed by atoms with van der Waals surface area (Å²) in [6.07, 6.45) is 4.61. The predicted molar refractivity (Wildman–Crippen MR) is 302 cm³/mol. The van der Waals surface area contributed by atoms with Crippen LogP contribution in [0, 0.1) is 0 Å². The quantitative estimate of drug-likeness (QED) is 0.142. The third kappa shape index (κ3) is 5.90. The Labute approximate surface area is 410 Å². The Morgan fingerprint density at radius 2 is 0.690 bits per heavy atom. The number of furan rings is 1. The molecular formula is C68H42N2O. The van der Waals surface area contributed by atoms with Crippen molar-refractivity contribution in [2.24, 2.45) is 0 Å². The van der Waals surface area contributed by atoms with E-state index in [9.17, 15) is 0 Å². The number of hydrogen-bond acceptors (Lipinski definition) is 3. The van der Waals surface area contributed by atoms with Crippen LogP contribution in [0.25, 0.3) is 110 Å². The van der Waals surface area contributed by atoms with Gasteiger partial charge < -0.3 is 14.2 Å². The molecule has 3 nitrogen and oxygen atoms in total. The topological polar surface area (TPSA) is 19.6 Å². The highest BCUT2D eigenvalue weighted by Gasteiger charge is 2.27. The maximum absolute atomic E-state index is 7.09. The minimum Gasteiger partial charge on any atom is -0.453 e. The fraction of sp³-hybridized carbons (Fsp3) is 0. The molecular weight excluding hydrogens is 861 g/mol. The first-order valence-electron chi connectivity index (χ1n) is 24.4. The molecule has 0 saturated carbocycles. The highest BCUT2D eigenvalue weighted by atomic mass is 16.3. The highest BCUT2D eigenvalue weighted by molar-refractivity contribution is 6.30. The monoisotopic (exact) mass is 902 g/mol. The molecule has 0 bridgehead atoms. The SMILES string of the molecule is C1=Cc2c1c1c(-c3ccccc3)cccc1c1cccc(N(c3ccccc3)c3ccc4ccc5c(N(c6ccccc6)c6cccc7c6oc6c(-c8ccccc8)cccc67)ccc6ccc3c4c65)c21. The maximum Gasteiger partial charge on any atom is 0.159 e. The lowest BCUT2D eigenvalue weighted by Crippen LogP contribution is -2.12. The summed E-state index contributed by atoms with van der Waals surface area (Å²) in [6, 6.07) is 88.2. The van der Waals surface area contributed by atoms with Gasteiger partial charge in [-0.3, -0.25) is 0 Å². The molecule has 0 amide bonds. The minimum atomic E-state index is 0.853. The summed E-state index contributed by atoms with van der Waals surface area (Å²) in [6.45, 7) is 0. The van der Waals surface area contributed by atoms with E-state index in [1.165, 1.54) is 76.1 Å². The smallest absolute Gasteiger partial charge is 0.159 e. The van der Waals surface area contributed by atoms with Gasteiger partial charge in [-0.2, -0.15) is 0 Å². The lowest BCUT2D eigenvalue weighted by molar-refractivity contribution is 0.670. The summed E-state index contributed by atoms with van der Waals surface area (Å²) in [5, 5.41) is 14.5. The zero-order chi connectivity index (χ0) is 46.6. The third-order valence-electron chi connectivity index (χ3n) is 14.9. The van der Waals surface area contributed by atoms with Crippen LogP contribution in [0.3, 0.4) is 0 Å². The molecule has 330 valence electrons.